The molecule has 1 aromatic rings. The molecule has 0 aliphatic carbocycles. The zero-order chi connectivity index (χ0) is 14.3. The molecule has 0 saturated heterocycles. The van der Waals surface area contributed by atoms with Gasteiger partial charge in [-0.2, -0.15) is 0 Å². The minimum absolute atomic E-state index is 0.512. The lowest BCUT2D eigenvalue weighted by molar-refractivity contribution is 0.319. The second-order valence-corrected chi connectivity index (χ2v) is 5.05. The predicted octanol–water partition coefficient (Wildman–Crippen LogP) is 3.66. The Morgan fingerprint density at radius 2 is 1.79 bits per heavy atom. The molecule has 1 aromatic carbocycles. The molecule has 0 aliphatic rings. The molecule has 4 heteroatoms. The normalized spacial score (nSPS) is 12.3. The van der Waals surface area contributed by atoms with Crippen molar-refractivity contribution in [2.75, 3.05) is 19.8 Å². The van der Waals surface area contributed by atoms with E-state index < -0.39 is 0 Å². The Morgan fingerprint density at radius 3 is 2.37 bits per heavy atom. The van der Waals surface area contributed by atoms with E-state index in [2.05, 4.69) is 6.92 Å². The van der Waals surface area contributed by atoms with Crippen LogP contribution in [0.5, 0.6) is 11.5 Å². The third-order valence-electron chi connectivity index (χ3n) is 2.94. The Hall–Kier alpha value is -0.930. The highest BCUT2D eigenvalue weighted by molar-refractivity contribution is 6.32. The first kappa shape index (κ1) is 16.1. The standard InChI is InChI=1S/C15H24ClNO2/c1-4-18-14-10-15(19-5-2)13(16)9-12(14)8-11(3)6-7-17/h9-11H,4-8,17H2,1-3H3. The van der Waals surface area contributed by atoms with Crippen molar-refractivity contribution < 1.29 is 9.47 Å². The van der Waals surface area contributed by atoms with Crippen LogP contribution in [0.25, 0.3) is 0 Å². The van der Waals surface area contributed by atoms with E-state index in [1.54, 1.807) is 0 Å². The van der Waals surface area contributed by atoms with Crippen LogP contribution in [0.1, 0.15) is 32.8 Å². The number of rotatable bonds is 8. The fraction of sp³-hybridized carbons (Fsp3) is 0.600. The first-order valence-corrected chi connectivity index (χ1v) is 7.28. The maximum absolute atomic E-state index is 6.24. The van der Waals surface area contributed by atoms with Crippen LogP contribution < -0.4 is 15.2 Å². The van der Waals surface area contributed by atoms with Crippen LogP contribution in [0.4, 0.5) is 0 Å². The van der Waals surface area contributed by atoms with Gasteiger partial charge in [-0.05, 0) is 50.8 Å². The van der Waals surface area contributed by atoms with Gasteiger partial charge in [-0.3, -0.25) is 0 Å². The molecule has 0 fully saturated rings. The maximum Gasteiger partial charge on any atom is 0.141 e. The lowest BCUT2D eigenvalue weighted by atomic mass is 9.97. The van der Waals surface area contributed by atoms with Crippen molar-refractivity contribution in [2.24, 2.45) is 11.7 Å². The van der Waals surface area contributed by atoms with E-state index in [-0.39, 0.29) is 0 Å². The quantitative estimate of drug-likeness (QED) is 0.793. The second-order valence-electron chi connectivity index (χ2n) is 4.64. The third-order valence-corrected chi connectivity index (χ3v) is 3.24. The van der Waals surface area contributed by atoms with Gasteiger partial charge < -0.3 is 15.2 Å². The lowest BCUT2D eigenvalue weighted by Gasteiger charge is -2.17. The van der Waals surface area contributed by atoms with Crippen LogP contribution in [0, 0.1) is 5.92 Å². The molecule has 0 saturated carbocycles. The van der Waals surface area contributed by atoms with E-state index >= 15 is 0 Å². The Balaban J connectivity index is 2.97. The van der Waals surface area contributed by atoms with Gasteiger partial charge in [0.25, 0.3) is 0 Å². The lowest BCUT2D eigenvalue weighted by Crippen LogP contribution is -2.09. The van der Waals surface area contributed by atoms with Gasteiger partial charge in [-0.15, -0.1) is 0 Å². The molecule has 0 bridgehead atoms. The van der Waals surface area contributed by atoms with E-state index in [0.29, 0.717) is 36.4 Å². The van der Waals surface area contributed by atoms with Gasteiger partial charge in [0.2, 0.25) is 0 Å². The summed E-state index contributed by atoms with van der Waals surface area (Å²) in [4.78, 5) is 0. The molecule has 0 spiro atoms. The zero-order valence-corrected chi connectivity index (χ0v) is 12.8. The molecule has 0 heterocycles. The molecule has 1 unspecified atom stereocenters. The molecule has 3 nitrogen and oxygen atoms in total. The highest BCUT2D eigenvalue weighted by Crippen LogP contribution is 2.34. The molecular weight excluding hydrogens is 262 g/mol. The summed E-state index contributed by atoms with van der Waals surface area (Å²) in [5.41, 5.74) is 6.72. The van der Waals surface area contributed by atoms with E-state index in [9.17, 15) is 0 Å². The molecule has 1 atom stereocenters. The summed E-state index contributed by atoms with van der Waals surface area (Å²) in [5, 5.41) is 0.639. The summed E-state index contributed by atoms with van der Waals surface area (Å²) >= 11 is 6.24. The molecule has 0 aliphatic heterocycles. The Labute approximate surface area is 121 Å². The highest BCUT2D eigenvalue weighted by atomic mass is 35.5. The first-order valence-electron chi connectivity index (χ1n) is 6.90. The molecule has 19 heavy (non-hydrogen) atoms. The number of ether oxygens (including phenoxy) is 2. The Bertz CT molecular complexity index is 396. The maximum atomic E-state index is 6.24. The molecule has 0 amide bonds. The fourth-order valence-corrected chi connectivity index (χ4v) is 2.29. The van der Waals surface area contributed by atoms with Gasteiger partial charge in [-0.1, -0.05) is 18.5 Å². The molecule has 0 aromatic heterocycles. The smallest absolute Gasteiger partial charge is 0.141 e. The average molecular weight is 286 g/mol. The van der Waals surface area contributed by atoms with E-state index in [0.717, 1.165) is 24.2 Å². The Morgan fingerprint density at radius 1 is 1.16 bits per heavy atom. The first-order chi connectivity index (χ1) is 9.12. The zero-order valence-electron chi connectivity index (χ0n) is 12.0. The van der Waals surface area contributed by atoms with Gasteiger partial charge in [-0.25, -0.2) is 0 Å². The number of nitrogens with two attached hydrogens (primary N) is 1. The summed E-state index contributed by atoms with van der Waals surface area (Å²) in [5.74, 6) is 2.06. The summed E-state index contributed by atoms with van der Waals surface area (Å²) in [6.45, 7) is 8.03. The predicted molar refractivity (Wildman–Crippen MR) is 80.3 cm³/mol. The molecule has 1 rings (SSSR count). The summed E-state index contributed by atoms with van der Waals surface area (Å²) in [6.07, 6.45) is 1.91. The number of hydrogen-bond donors (Lipinski definition) is 1. The van der Waals surface area contributed by atoms with Crippen LogP contribution in [-0.4, -0.2) is 19.8 Å². The average Bonchev–Trinajstić information content (AvgIpc) is 2.35. The van der Waals surface area contributed by atoms with Crippen molar-refractivity contribution in [1.82, 2.24) is 0 Å². The minimum atomic E-state index is 0.512. The molecular formula is C15H24ClNO2. The van der Waals surface area contributed by atoms with Crippen molar-refractivity contribution in [3.63, 3.8) is 0 Å². The highest BCUT2D eigenvalue weighted by Gasteiger charge is 2.13. The van der Waals surface area contributed by atoms with Crippen LogP contribution in [0.3, 0.4) is 0 Å². The van der Waals surface area contributed by atoms with Crippen molar-refractivity contribution in [3.05, 3.63) is 22.7 Å². The summed E-state index contributed by atoms with van der Waals surface area (Å²) < 4.78 is 11.2. The number of hydrogen-bond acceptors (Lipinski definition) is 3. The Kier molecular flexibility index (Phi) is 7.03. The van der Waals surface area contributed by atoms with Crippen molar-refractivity contribution in [3.8, 4) is 11.5 Å². The summed E-state index contributed by atoms with van der Waals surface area (Å²) in [7, 11) is 0. The monoisotopic (exact) mass is 285 g/mol. The number of benzene rings is 1. The van der Waals surface area contributed by atoms with E-state index in [4.69, 9.17) is 26.8 Å². The van der Waals surface area contributed by atoms with Crippen LogP contribution >= 0.6 is 11.6 Å². The van der Waals surface area contributed by atoms with E-state index in [1.165, 1.54) is 0 Å². The largest absolute Gasteiger partial charge is 0.493 e. The van der Waals surface area contributed by atoms with E-state index in [1.807, 2.05) is 26.0 Å². The van der Waals surface area contributed by atoms with Gasteiger partial charge in [0.15, 0.2) is 0 Å². The van der Waals surface area contributed by atoms with Crippen LogP contribution in [-0.2, 0) is 6.42 Å². The third kappa shape index (κ3) is 4.92. The summed E-state index contributed by atoms with van der Waals surface area (Å²) in [6, 6.07) is 3.84. The number of halogens is 1. The van der Waals surface area contributed by atoms with Gasteiger partial charge in [0.1, 0.15) is 11.5 Å². The van der Waals surface area contributed by atoms with Gasteiger partial charge >= 0.3 is 0 Å². The van der Waals surface area contributed by atoms with Crippen LogP contribution in [0.15, 0.2) is 12.1 Å². The fourth-order valence-electron chi connectivity index (χ4n) is 2.05. The molecule has 0 radical (unpaired) electrons. The topological polar surface area (TPSA) is 44.5 Å². The van der Waals surface area contributed by atoms with Crippen molar-refractivity contribution in [2.45, 2.75) is 33.6 Å². The van der Waals surface area contributed by atoms with Crippen LogP contribution in [0.2, 0.25) is 5.02 Å². The van der Waals surface area contributed by atoms with Crippen molar-refractivity contribution >= 4 is 11.6 Å². The van der Waals surface area contributed by atoms with Crippen molar-refractivity contribution in [1.29, 1.82) is 0 Å². The molecule has 108 valence electrons. The van der Waals surface area contributed by atoms with Gasteiger partial charge in [0, 0.05) is 6.07 Å². The SMILES string of the molecule is CCOc1cc(OCC)c(CC(C)CCN)cc1Cl. The second kappa shape index (κ2) is 8.28. The van der Waals surface area contributed by atoms with Gasteiger partial charge in [0.05, 0.1) is 18.2 Å². The minimum Gasteiger partial charge on any atom is -0.493 e. The molecule has 2 N–H and O–H groups in total.